The molecule has 3 aromatic heterocycles. The van der Waals surface area contributed by atoms with E-state index in [0.717, 1.165) is 44.8 Å². The van der Waals surface area contributed by atoms with Crippen molar-refractivity contribution < 1.29 is 116 Å². The molecular formula is C66H85BrCl3N12O27P3. The van der Waals surface area contributed by atoms with Crippen molar-refractivity contribution in [3.63, 3.8) is 0 Å². The van der Waals surface area contributed by atoms with Crippen molar-refractivity contribution in [3.8, 4) is 34.5 Å². The molecule has 0 amide bonds. The van der Waals surface area contributed by atoms with Gasteiger partial charge in [0.05, 0.1) is 127 Å². The van der Waals surface area contributed by atoms with E-state index in [1.807, 2.05) is 59.7 Å². The van der Waals surface area contributed by atoms with Crippen molar-refractivity contribution in [2.45, 2.75) is 104 Å². The lowest BCUT2D eigenvalue weighted by molar-refractivity contribution is -0.384. The number of nitro groups is 3. The third-order valence-corrected chi connectivity index (χ3v) is 17.4. The number of halogens is 4. The lowest BCUT2D eigenvalue weighted by Gasteiger charge is -2.29. The maximum atomic E-state index is 11.8. The maximum Gasteiger partial charge on any atom is 0.371 e. The van der Waals surface area contributed by atoms with Crippen molar-refractivity contribution in [2.24, 2.45) is 0 Å². The van der Waals surface area contributed by atoms with Crippen molar-refractivity contribution in [3.05, 3.63) is 159 Å². The average Bonchev–Trinajstić information content (AvgIpc) is 1.24. The molecule has 0 saturated carbocycles. The number of alkyl halides is 1. The minimum atomic E-state index is -5.52. The fourth-order valence-corrected chi connectivity index (χ4v) is 10.6. The Bertz CT molecular complexity index is 4750. The first kappa shape index (κ1) is 98.1. The van der Waals surface area contributed by atoms with Crippen LogP contribution in [0.5, 0.6) is 34.5 Å². The number of carbonyl (C=O) groups excluding carboxylic acids is 3. The van der Waals surface area contributed by atoms with Gasteiger partial charge in [0, 0.05) is 18.2 Å². The standard InChI is InChI=1S/C14H18N2O3.C13H18N2O5.C10H14N2O8P2.C10H10N2O3.C7H8N2O3.C6H11BrO2.C6H6N2O3.Cl3P/c1-14(2,3)19-13(17)8-16-9-15-11-7-10(18-4)5-6-12(11)16;1-13(2,3)20-12(16)8-14-10-6-5-9(19-4)7-11(10)15(17)18;1-20-7-2-3-9-8(4-7)11-6-12(9)5-10(13,21(14,15)16)22(17,18)19;1-15-7-2-3-9-8(4-7)11-6-12(9)5-10(13)14;1-12-5-2-3-6(8)7(4-5)9(10)11;1-6(2,3)9-5(8)4-7;7-5-2-1-4(9)3-6(5)8(10)11;1-4(2)3/h5-7,9H,8H2,1-4H3;5-7,14H,8H2,1-4H3;2-4,6,13H,5H2,1H3,(H2,14,15,16)(H2,17,18,19);2-4,6H,5H2,1H3,(H,13,14);2-4H,8H2,1H3;4H2,1-3H3;1-3,9H,7H2;. The molecule has 0 radical (unpaired) electrons. The summed E-state index contributed by atoms with van der Waals surface area (Å²) in [6.45, 7) is 15.2. The number of imidazole rings is 3. The van der Waals surface area contributed by atoms with Crippen LogP contribution in [0.25, 0.3) is 33.1 Å². The van der Waals surface area contributed by atoms with Gasteiger partial charge in [-0.05, 0) is 135 Å². The molecular weight excluding hydrogens is 1670 g/mol. The van der Waals surface area contributed by atoms with Gasteiger partial charge in [0.2, 0.25) is 0 Å². The average molecular weight is 1760 g/mol. The number of anilines is 3. The van der Waals surface area contributed by atoms with Crippen molar-refractivity contribution in [1.82, 2.24) is 28.7 Å². The van der Waals surface area contributed by atoms with E-state index in [1.165, 1.54) is 82.3 Å². The summed E-state index contributed by atoms with van der Waals surface area (Å²) < 4.78 is 67.3. The van der Waals surface area contributed by atoms with Gasteiger partial charge in [-0.1, -0.05) is 49.7 Å². The van der Waals surface area contributed by atoms with Crippen molar-refractivity contribution >= 4 is 162 Å². The molecule has 0 aliphatic rings. The number of aliphatic carboxylic acids is 1. The first-order valence-corrected chi connectivity index (χ1v) is 40.0. The topological polar surface area (TPSA) is 565 Å². The predicted octanol–water partition coefficient (Wildman–Crippen LogP) is 12.6. The van der Waals surface area contributed by atoms with Crippen LogP contribution in [0, 0.1) is 30.3 Å². The Morgan fingerprint density at radius 1 is 0.518 bits per heavy atom. The Morgan fingerprint density at radius 3 is 1.19 bits per heavy atom. The zero-order chi connectivity index (χ0) is 85.6. The first-order chi connectivity index (χ1) is 51.8. The van der Waals surface area contributed by atoms with Crippen LogP contribution in [-0.4, -0.2) is 172 Å². The van der Waals surface area contributed by atoms with Crippen LogP contribution in [0.3, 0.4) is 0 Å². The van der Waals surface area contributed by atoms with Crippen LogP contribution in [0.15, 0.2) is 128 Å². The highest BCUT2D eigenvalue weighted by Gasteiger charge is 2.60. The van der Waals surface area contributed by atoms with Gasteiger partial charge in [0.15, 0.2) is 5.98 Å². The molecule has 3 heterocycles. The molecule has 614 valence electrons. The monoisotopic (exact) mass is 1750 g/mol. The summed E-state index contributed by atoms with van der Waals surface area (Å²) in [4.78, 5) is 123. The second kappa shape index (κ2) is 44.3. The molecule has 0 saturated heterocycles. The van der Waals surface area contributed by atoms with E-state index < -0.39 is 70.7 Å². The minimum Gasteiger partial charge on any atom is -0.508 e. The summed E-state index contributed by atoms with van der Waals surface area (Å²) in [5.74, 6) is -0.486. The van der Waals surface area contributed by atoms with Crippen LogP contribution in [-0.2, 0) is 62.2 Å². The molecule has 0 aliphatic carbocycles. The van der Waals surface area contributed by atoms with Crippen molar-refractivity contribution in [1.29, 1.82) is 0 Å². The van der Waals surface area contributed by atoms with E-state index in [9.17, 15) is 63.8 Å². The Morgan fingerprint density at radius 2 is 0.839 bits per heavy atom. The fourth-order valence-electron chi connectivity index (χ4n) is 8.48. The summed E-state index contributed by atoms with van der Waals surface area (Å²) in [6.07, 6.45) is 4.26. The van der Waals surface area contributed by atoms with E-state index in [1.54, 1.807) is 80.8 Å². The second-order valence-corrected chi connectivity index (χ2v) is 34.8. The highest BCUT2D eigenvalue weighted by molar-refractivity contribution is 9.09. The molecule has 9 aromatic rings. The Kier molecular flexibility index (Phi) is 38.8. The molecule has 0 bridgehead atoms. The maximum absolute atomic E-state index is 11.8. The van der Waals surface area contributed by atoms with Gasteiger partial charge >= 0.3 is 39.1 Å². The number of fused-ring (bicyclic) bond motifs is 3. The smallest absolute Gasteiger partial charge is 0.371 e. The number of aliphatic hydroxyl groups is 1. The molecule has 9 rings (SSSR count). The molecule has 0 aliphatic heterocycles. The fraction of sp³-hybridized carbons (Fsp3) is 0.348. The van der Waals surface area contributed by atoms with Gasteiger partial charge in [-0.15, -0.1) is 0 Å². The molecule has 12 N–H and O–H groups in total. The highest BCUT2D eigenvalue weighted by Crippen LogP contribution is 2.68. The zero-order valence-corrected chi connectivity index (χ0v) is 69.0. The molecule has 0 unspecified atom stereocenters. The van der Waals surface area contributed by atoms with E-state index in [2.05, 4.69) is 36.2 Å². The van der Waals surface area contributed by atoms with Crippen LogP contribution in [0.2, 0.25) is 0 Å². The number of nitrogen functional groups attached to an aromatic ring is 2. The number of carbonyl (C=O) groups is 4. The number of methoxy groups -OCH3 is 5. The van der Waals surface area contributed by atoms with E-state index in [-0.39, 0.29) is 82.4 Å². The number of nitro benzene ring substituents is 3. The number of nitrogens with two attached hydrogens (primary N) is 2. The number of phenols is 1. The Labute approximate surface area is 663 Å². The lowest BCUT2D eigenvalue weighted by Crippen LogP contribution is -2.33. The van der Waals surface area contributed by atoms with Gasteiger partial charge in [-0.3, -0.25) is 58.7 Å². The molecule has 0 fully saturated rings. The molecule has 46 heteroatoms. The van der Waals surface area contributed by atoms with E-state index in [0.29, 0.717) is 34.0 Å². The molecule has 112 heavy (non-hydrogen) atoms. The first-order valence-electron chi connectivity index (χ1n) is 31.6. The Hall–Kier alpha value is -9.95. The number of rotatable bonds is 20. The highest BCUT2D eigenvalue weighted by atomic mass is 79.9. The van der Waals surface area contributed by atoms with Gasteiger partial charge in [-0.25, -0.2) is 15.0 Å². The number of hydrogen-bond donors (Lipinski definition) is 10. The molecule has 0 spiro atoms. The third-order valence-electron chi connectivity index (χ3n) is 13.2. The molecule has 39 nitrogen and oxygen atoms in total. The van der Waals surface area contributed by atoms with Gasteiger partial charge in [0.25, 0.3) is 22.1 Å². The number of nitrogens with zero attached hydrogens (tertiary/aromatic N) is 9. The van der Waals surface area contributed by atoms with Crippen LogP contribution in [0.1, 0.15) is 62.3 Å². The van der Waals surface area contributed by atoms with Gasteiger partial charge < -0.3 is 103 Å². The number of hydrogen-bond acceptors (Lipinski definition) is 28. The molecule has 6 aromatic carbocycles. The SMILES string of the molecule is CC(C)(C)OC(=O)CBr.COc1ccc(N)c([N+](=O)[O-])c1.COc1ccc(NCC(=O)OC(C)(C)C)c([N+](=O)[O-])c1.COc1ccc2c(c1)ncn2CC(=O)O.COc1ccc2c(c1)ncn2CC(=O)OC(C)(C)C.COc1ccc2c(c1)ncn2CC(O)(P(=O)(O)O)P(=O)(O)O.ClP(Cl)Cl.Nc1ccc(O)cc1[N+](=O)[O-]. The summed E-state index contributed by atoms with van der Waals surface area (Å²) in [6, 6.07) is 27.7. The van der Waals surface area contributed by atoms with Gasteiger partial charge in [-0.2, -0.15) is 0 Å². The number of benzene rings is 6. The van der Waals surface area contributed by atoms with Crippen molar-refractivity contribution in [2.75, 3.05) is 64.2 Å². The predicted molar refractivity (Wildman–Crippen MR) is 423 cm³/mol. The minimum absolute atomic E-state index is 0.0489. The van der Waals surface area contributed by atoms with Gasteiger partial charge in [0.1, 0.15) is 93.3 Å². The lowest BCUT2D eigenvalue weighted by atomic mass is 10.2. The largest absolute Gasteiger partial charge is 0.508 e. The summed E-state index contributed by atoms with van der Waals surface area (Å²) >= 11 is 17.6. The number of phenolic OH excluding ortho intramolecular Hbond substituents is 1. The number of esters is 3. The van der Waals surface area contributed by atoms with Crippen LogP contribution in [0.4, 0.5) is 34.1 Å². The third kappa shape index (κ3) is 33.9. The number of aromatic hydroxyl groups is 1. The Balaban J connectivity index is 0.000000447. The number of carboxylic acids is 1. The number of carboxylic acid groups (broad SMARTS) is 1. The summed E-state index contributed by atoms with van der Waals surface area (Å²) in [5.41, 5.74) is 12.9. The normalized spacial score (nSPS) is 11.1. The molecule has 0 atom stereocenters. The number of nitrogens with one attached hydrogen (secondary N) is 1. The van der Waals surface area contributed by atoms with Crippen LogP contribution < -0.4 is 40.5 Å². The van der Waals surface area contributed by atoms with E-state index in [4.69, 9.17) is 113 Å². The zero-order valence-electron chi connectivity index (χ0n) is 62.5. The summed E-state index contributed by atoms with van der Waals surface area (Å²) in [7, 11) is -3.55. The summed E-state index contributed by atoms with van der Waals surface area (Å²) in [5, 5.41) is 58.4. The number of aromatic nitrogens is 6. The number of ether oxygens (including phenoxy) is 8. The van der Waals surface area contributed by atoms with Crippen LogP contribution >= 0.6 is 70.8 Å². The van der Waals surface area contributed by atoms with E-state index >= 15 is 0 Å². The second-order valence-electron chi connectivity index (χ2n) is 25.2. The quantitative estimate of drug-likeness (QED) is 0.00495.